The zero-order valence-corrected chi connectivity index (χ0v) is 9.67. The molecule has 1 aromatic rings. The minimum atomic E-state index is 0.0251. The van der Waals surface area contributed by atoms with Gasteiger partial charge < -0.3 is 9.84 Å². The zero-order chi connectivity index (χ0) is 10.4. The van der Waals surface area contributed by atoms with Crippen LogP contribution in [0.1, 0.15) is 5.56 Å². The summed E-state index contributed by atoms with van der Waals surface area (Å²) in [4.78, 5) is 0. The zero-order valence-electron chi connectivity index (χ0n) is 8.09. The van der Waals surface area contributed by atoms with Gasteiger partial charge in [-0.2, -0.15) is 0 Å². The number of halogens is 1. The van der Waals surface area contributed by atoms with Crippen molar-refractivity contribution in [2.45, 2.75) is 6.42 Å². The number of ether oxygens (including phenoxy) is 1. The highest BCUT2D eigenvalue weighted by Gasteiger charge is 2.00. The maximum Gasteiger partial charge on any atom is 0.133 e. The van der Waals surface area contributed by atoms with Crippen molar-refractivity contribution in [2.24, 2.45) is 0 Å². The molecule has 3 nitrogen and oxygen atoms in total. The molecule has 0 spiro atoms. The number of benzene rings is 1. The van der Waals surface area contributed by atoms with Crippen molar-refractivity contribution in [1.82, 2.24) is 5.32 Å². The summed E-state index contributed by atoms with van der Waals surface area (Å²) in [5.41, 5.74) is 1.21. The lowest BCUT2D eigenvalue weighted by Crippen LogP contribution is -2.17. The smallest absolute Gasteiger partial charge is 0.133 e. The van der Waals surface area contributed by atoms with E-state index in [0.717, 1.165) is 23.2 Å². The van der Waals surface area contributed by atoms with Gasteiger partial charge in [-0.1, -0.05) is 6.07 Å². The molecular weight excluding hydrogens is 246 g/mol. The Hall–Kier alpha value is -0.580. The third-order valence-corrected chi connectivity index (χ3v) is 2.54. The molecule has 0 amide bonds. The molecule has 0 aliphatic carbocycles. The van der Waals surface area contributed by atoms with Crippen LogP contribution in [0.3, 0.4) is 0 Å². The lowest BCUT2D eigenvalue weighted by molar-refractivity contribution is 0.262. The second kappa shape index (κ2) is 6.01. The van der Waals surface area contributed by atoms with E-state index in [-0.39, 0.29) is 6.73 Å². The Labute approximate surface area is 92.2 Å². The molecule has 78 valence electrons. The summed E-state index contributed by atoms with van der Waals surface area (Å²) in [6.07, 6.45) is 0.892. The van der Waals surface area contributed by atoms with Crippen LogP contribution in [-0.2, 0) is 6.42 Å². The molecule has 1 rings (SSSR count). The van der Waals surface area contributed by atoms with Crippen molar-refractivity contribution in [3.63, 3.8) is 0 Å². The van der Waals surface area contributed by atoms with E-state index in [1.165, 1.54) is 5.56 Å². The van der Waals surface area contributed by atoms with Crippen LogP contribution in [0.15, 0.2) is 22.7 Å². The van der Waals surface area contributed by atoms with Crippen LogP contribution in [0.2, 0.25) is 0 Å². The molecule has 0 atom stereocenters. The first-order chi connectivity index (χ1) is 6.77. The molecule has 0 radical (unpaired) electrons. The van der Waals surface area contributed by atoms with Gasteiger partial charge in [0.2, 0.25) is 0 Å². The van der Waals surface area contributed by atoms with Gasteiger partial charge >= 0.3 is 0 Å². The highest BCUT2D eigenvalue weighted by Crippen LogP contribution is 2.25. The molecular formula is C10H14BrNO2. The Kier molecular flexibility index (Phi) is 4.93. The first kappa shape index (κ1) is 11.5. The standard InChI is InChI=1S/C10H14BrNO2/c1-14-10-3-2-8(6-9(10)11)4-5-12-7-13/h2-3,6,12-13H,4-5,7H2,1H3. The van der Waals surface area contributed by atoms with Crippen LogP contribution in [0.25, 0.3) is 0 Å². The van der Waals surface area contributed by atoms with E-state index in [2.05, 4.69) is 21.2 Å². The number of nitrogens with one attached hydrogen (secondary N) is 1. The van der Waals surface area contributed by atoms with Gasteiger partial charge in [-0.3, -0.25) is 5.32 Å². The van der Waals surface area contributed by atoms with Gasteiger partial charge in [-0.15, -0.1) is 0 Å². The Bertz CT molecular complexity index is 291. The van der Waals surface area contributed by atoms with Crippen LogP contribution < -0.4 is 10.1 Å². The predicted octanol–water partition coefficient (Wildman–Crippen LogP) is 1.54. The van der Waals surface area contributed by atoms with E-state index in [1.54, 1.807) is 7.11 Å². The molecule has 4 heteroatoms. The van der Waals surface area contributed by atoms with Crippen LogP contribution >= 0.6 is 15.9 Å². The van der Waals surface area contributed by atoms with Gasteiger partial charge in [0.15, 0.2) is 0 Å². The fourth-order valence-electron chi connectivity index (χ4n) is 1.18. The predicted molar refractivity (Wildman–Crippen MR) is 59.5 cm³/mol. The fraction of sp³-hybridized carbons (Fsp3) is 0.400. The second-order valence-corrected chi connectivity index (χ2v) is 3.73. The molecule has 0 aliphatic heterocycles. The number of methoxy groups -OCH3 is 1. The SMILES string of the molecule is COc1ccc(CCNCO)cc1Br. The molecule has 0 aromatic heterocycles. The topological polar surface area (TPSA) is 41.5 Å². The third kappa shape index (κ3) is 3.29. The Balaban J connectivity index is 2.57. The van der Waals surface area contributed by atoms with E-state index >= 15 is 0 Å². The summed E-state index contributed by atoms with van der Waals surface area (Å²) in [6.45, 7) is 0.798. The van der Waals surface area contributed by atoms with E-state index in [1.807, 2.05) is 18.2 Å². The Morgan fingerprint density at radius 2 is 2.29 bits per heavy atom. The molecule has 0 heterocycles. The molecule has 0 saturated heterocycles. The van der Waals surface area contributed by atoms with Crippen LogP contribution in [0.5, 0.6) is 5.75 Å². The highest BCUT2D eigenvalue weighted by molar-refractivity contribution is 9.10. The van der Waals surface area contributed by atoms with Gasteiger partial charge in [0.05, 0.1) is 18.3 Å². The van der Waals surface area contributed by atoms with E-state index in [0.29, 0.717) is 0 Å². The quantitative estimate of drug-likeness (QED) is 0.623. The molecule has 0 fully saturated rings. The Morgan fingerprint density at radius 3 is 2.86 bits per heavy atom. The van der Waals surface area contributed by atoms with Crippen molar-refractivity contribution in [3.8, 4) is 5.75 Å². The van der Waals surface area contributed by atoms with Crippen molar-refractivity contribution in [3.05, 3.63) is 28.2 Å². The normalized spacial score (nSPS) is 10.2. The van der Waals surface area contributed by atoms with Gasteiger partial charge in [-0.25, -0.2) is 0 Å². The number of aliphatic hydroxyl groups excluding tert-OH is 1. The van der Waals surface area contributed by atoms with Crippen LogP contribution in [0, 0.1) is 0 Å². The first-order valence-electron chi connectivity index (χ1n) is 4.42. The largest absolute Gasteiger partial charge is 0.496 e. The van der Waals surface area contributed by atoms with Gasteiger partial charge in [0, 0.05) is 6.54 Å². The summed E-state index contributed by atoms with van der Waals surface area (Å²) >= 11 is 3.42. The molecule has 0 saturated carbocycles. The molecule has 0 aliphatic rings. The lowest BCUT2D eigenvalue weighted by Gasteiger charge is -2.06. The van der Waals surface area contributed by atoms with Gasteiger partial charge in [0.1, 0.15) is 5.75 Å². The molecule has 14 heavy (non-hydrogen) atoms. The minimum Gasteiger partial charge on any atom is -0.496 e. The molecule has 1 aromatic carbocycles. The average molecular weight is 260 g/mol. The van der Waals surface area contributed by atoms with Gasteiger partial charge in [-0.05, 0) is 40.0 Å². The summed E-state index contributed by atoms with van der Waals surface area (Å²) in [5.74, 6) is 0.837. The average Bonchev–Trinajstić information content (AvgIpc) is 2.18. The van der Waals surface area contributed by atoms with E-state index in [9.17, 15) is 0 Å². The number of rotatable bonds is 5. The fourth-order valence-corrected chi connectivity index (χ4v) is 1.77. The summed E-state index contributed by atoms with van der Waals surface area (Å²) in [5, 5.41) is 11.4. The number of hydrogen-bond acceptors (Lipinski definition) is 3. The maximum absolute atomic E-state index is 8.54. The van der Waals surface area contributed by atoms with Crippen molar-refractivity contribution >= 4 is 15.9 Å². The van der Waals surface area contributed by atoms with Crippen molar-refractivity contribution in [2.75, 3.05) is 20.4 Å². The molecule has 0 unspecified atom stereocenters. The number of hydrogen-bond donors (Lipinski definition) is 2. The van der Waals surface area contributed by atoms with Crippen molar-refractivity contribution in [1.29, 1.82) is 0 Å². The minimum absolute atomic E-state index is 0.0251. The molecule has 0 bridgehead atoms. The first-order valence-corrected chi connectivity index (χ1v) is 5.21. The lowest BCUT2D eigenvalue weighted by atomic mass is 10.1. The summed E-state index contributed by atoms with van der Waals surface area (Å²) in [7, 11) is 1.65. The summed E-state index contributed by atoms with van der Waals surface area (Å²) in [6, 6.07) is 5.97. The van der Waals surface area contributed by atoms with Gasteiger partial charge in [0.25, 0.3) is 0 Å². The molecule has 2 N–H and O–H groups in total. The van der Waals surface area contributed by atoms with E-state index < -0.39 is 0 Å². The third-order valence-electron chi connectivity index (χ3n) is 1.92. The Morgan fingerprint density at radius 1 is 1.50 bits per heavy atom. The van der Waals surface area contributed by atoms with Crippen molar-refractivity contribution < 1.29 is 9.84 Å². The van der Waals surface area contributed by atoms with Crippen LogP contribution in [0.4, 0.5) is 0 Å². The van der Waals surface area contributed by atoms with Crippen LogP contribution in [-0.4, -0.2) is 25.5 Å². The van der Waals surface area contributed by atoms with E-state index in [4.69, 9.17) is 9.84 Å². The highest BCUT2D eigenvalue weighted by atomic mass is 79.9. The monoisotopic (exact) mass is 259 g/mol. The maximum atomic E-state index is 8.54. The second-order valence-electron chi connectivity index (χ2n) is 2.88. The number of aliphatic hydroxyl groups is 1. The summed E-state index contributed by atoms with van der Waals surface area (Å²) < 4.78 is 6.08.